The van der Waals surface area contributed by atoms with Gasteiger partial charge in [0.15, 0.2) is 11.5 Å². The molecule has 1 aromatic heterocycles. The molecule has 8 heteroatoms. The van der Waals surface area contributed by atoms with Gasteiger partial charge in [0.05, 0.1) is 13.7 Å². The lowest BCUT2D eigenvalue weighted by molar-refractivity contribution is 0.102. The first-order chi connectivity index (χ1) is 12.1. The average Bonchev–Trinajstić information content (AvgIpc) is 2.98. The molecule has 1 heterocycles. The summed E-state index contributed by atoms with van der Waals surface area (Å²) in [5, 5.41) is 11.1. The molecular formula is C17H16ClN5O2. The largest absolute Gasteiger partial charge is 0.497 e. The van der Waals surface area contributed by atoms with Crippen molar-refractivity contribution in [1.82, 2.24) is 15.0 Å². The lowest BCUT2D eigenvalue weighted by Crippen LogP contribution is -2.15. The quantitative estimate of drug-likeness (QED) is 0.732. The molecule has 0 saturated carbocycles. The minimum atomic E-state index is -0.448. The molecule has 7 nitrogen and oxygen atoms in total. The van der Waals surface area contributed by atoms with E-state index < -0.39 is 5.91 Å². The molecule has 0 aliphatic heterocycles. The van der Waals surface area contributed by atoms with E-state index in [-0.39, 0.29) is 11.5 Å². The summed E-state index contributed by atoms with van der Waals surface area (Å²) in [6, 6.07) is 14.3. The summed E-state index contributed by atoms with van der Waals surface area (Å²) in [6.45, 7) is 0.324. The van der Waals surface area contributed by atoms with Crippen LogP contribution in [0.25, 0.3) is 0 Å². The highest BCUT2D eigenvalue weighted by atomic mass is 35.5. The van der Waals surface area contributed by atoms with Crippen LogP contribution in [-0.4, -0.2) is 28.0 Å². The molecule has 0 aliphatic rings. The van der Waals surface area contributed by atoms with Gasteiger partial charge in [-0.25, -0.2) is 4.68 Å². The van der Waals surface area contributed by atoms with Crippen LogP contribution in [0.5, 0.6) is 5.75 Å². The van der Waals surface area contributed by atoms with E-state index in [9.17, 15) is 4.79 Å². The third-order valence-electron chi connectivity index (χ3n) is 3.59. The number of carbonyl (C=O) groups excluding carboxylic acids is 1. The van der Waals surface area contributed by atoms with Gasteiger partial charge in [-0.3, -0.25) is 4.79 Å². The van der Waals surface area contributed by atoms with E-state index in [0.717, 1.165) is 5.56 Å². The van der Waals surface area contributed by atoms with E-state index in [2.05, 4.69) is 15.6 Å². The molecule has 0 spiro atoms. The predicted octanol–water partition coefficient (Wildman–Crippen LogP) is 2.82. The molecule has 0 atom stereocenters. The zero-order valence-corrected chi connectivity index (χ0v) is 14.2. The van der Waals surface area contributed by atoms with Crippen molar-refractivity contribution in [1.29, 1.82) is 0 Å². The molecule has 0 fully saturated rings. The number of anilines is 2. The Balaban J connectivity index is 1.78. The van der Waals surface area contributed by atoms with E-state index >= 15 is 0 Å². The van der Waals surface area contributed by atoms with Crippen molar-refractivity contribution >= 4 is 29.0 Å². The van der Waals surface area contributed by atoms with Gasteiger partial charge >= 0.3 is 0 Å². The molecule has 25 heavy (non-hydrogen) atoms. The van der Waals surface area contributed by atoms with Gasteiger partial charge in [-0.05, 0) is 23.8 Å². The monoisotopic (exact) mass is 357 g/mol. The van der Waals surface area contributed by atoms with Crippen LogP contribution in [0.3, 0.4) is 0 Å². The van der Waals surface area contributed by atoms with Crippen LogP contribution in [0.2, 0.25) is 5.02 Å². The van der Waals surface area contributed by atoms with E-state index in [1.54, 1.807) is 37.4 Å². The van der Waals surface area contributed by atoms with Crippen LogP contribution in [0.4, 0.5) is 11.5 Å². The molecule has 128 valence electrons. The number of methoxy groups -OCH3 is 1. The lowest BCUT2D eigenvalue weighted by atomic mass is 10.2. The van der Waals surface area contributed by atoms with Gasteiger partial charge in [0.25, 0.3) is 5.91 Å². The number of nitrogen functional groups attached to an aromatic ring is 1. The first kappa shape index (κ1) is 16.8. The number of rotatable bonds is 5. The topological polar surface area (TPSA) is 95.1 Å². The minimum Gasteiger partial charge on any atom is -0.497 e. The van der Waals surface area contributed by atoms with Gasteiger partial charge < -0.3 is 15.8 Å². The molecule has 0 bridgehead atoms. The van der Waals surface area contributed by atoms with Crippen LogP contribution >= 0.6 is 11.6 Å². The Kier molecular flexibility index (Phi) is 4.85. The second-order valence-electron chi connectivity index (χ2n) is 5.26. The van der Waals surface area contributed by atoms with Crippen LogP contribution in [0, 0.1) is 0 Å². The Morgan fingerprint density at radius 1 is 1.28 bits per heavy atom. The first-order valence-electron chi connectivity index (χ1n) is 7.46. The van der Waals surface area contributed by atoms with Crippen molar-refractivity contribution in [3.8, 4) is 5.75 Å². The fraction of sp³-hybridized carbons (Fsp3) is 0.118. The predicted molar refractivity (Wildman–Crippen MR) is 95.9 cm³/mol. The number of benzene rings is 2. The second kappa shape index (κ2) is 7.23. The van der Waals surface area contributed by atoms with Crippen molar-refractivity contribution < 1.29 is 9.53 Å². The zero-order chi connectivity index (χ0) is 17.8. The Morgan fingerprint density at radius 2 is 2.08 bits per heavy atom. The molecule has 2 aromatic carbocycles. The second-order valence-corrected chi connectivity index (χ2v) is 5.67. The standard InChI is InChI=1S/C17H16ClN5O2/c1-25-13-7-4-6-12(9-13)20-17(24)15-16(19)23(22-21-15)10-11-5-2-3-8-14(11)18/h2-9H,10,19H2,1H3,(H,20,24). The van der Waals surface area contributed by atoms with Crippen LogP contribution in [-0.2, 0) is 6.54 Å². The van der Waals surface area contributed by atoms with E-state index in [0.29, 0.717) is 23.0 Å². The molecule has 3 aromatic rings. The number of ether oxygens (including phenoxy) is 1. The minimum absolute atomic E-state index is 0.0508. The molecule has 0 saturated heterocycles. The molecular weight excluding hydrogens is 342 g/mol. The number of aromatic nitrogens is 3. The summed E-state index contributed by atoms with van der Waals surface area (Å²) in [5.74, 6) is 0.352. The van der Waals surface area contributed by atoms with Gasteiger partial charge in [-0.15, -0.1) is 5.10 Å². The maximum atomic E-state index is 12.4. The fourth-order valence-corrected chi connectivity index (χ4v) is 2.47. The normalized spacial score (nSPS) is 10.5. The molecule has 0 aliphatic carbocycles. The number of amides is 1. The number of nitrogens with zero attached hydrogens (tertiary/aromatic N) is 3. The fourth-order valence-electron chi connectivity index (χ4n) is 2.28. The third kappa shape index (κ3) is 3.72. The van der Waals surface area contributed by atoms with Gasteiger partial charge in [0.1, 0.15) is 5.75 Å². The Morgan fingerprint density at radius 3 is 2.84 bits per heavy atom. The van der Waals surface area contributed by atoms with Gasteiger partial charge in [0, 0.05) is 16.8 Å². The molecule has 3 rings (SSSR count). The van der Waals surface area contributed by atoms with Gasteiger partial charge in [-0.2, -0.15) is 0 Å². The van der Waals surface area contributed by atoms with Crippen LogP contribution < -0.4 is 15.8 Å². The summed E-state index contributed by atoms with van der Waals surface area (Å²) in [6.07, 6.45) is 0. The Labute approximate surface area is 149 Å². The van der Waals surface area contributed by atoms with Crippen molar-refractivity contribution in [3.63, 3.8) is 0 Å². The maximum Gasteiger partial charge on any atom is 0.280 e. The number of halogens is 1. The SMILES string of the molecule is COc1cccc(NC(=O)c2nnn(Cc3ccccc3Cl)c2N)c1. The van der Waals surface area contributed by atoms with E-state index in [1.807, 2.05) is 18.2 Å². The third-order valence-corrected chi connectivity index (χ3v) is 3.96. The van der Waals surface area contributed by atoms with Crippen molar-refractivity contribution in [3.05, 3.63) is 64.8 Å². The molecule has 3 N–H and O–H groups in total. The highest BCUT2D eigenvalue weighted by Gasteiger charge is 2.18. The molecule has 1 amide bonds. The number of carbonyl (C=O) groups is 1. The Hall–Kier alpha value is -3.06. The summed E-state index contributed by atoms with van der Waals surface area (Å²) in [7, 11) is 1.55. The summed E-state index contributed by atoms with van der Waals surface area (Å²) >= 11 is 6.14. The number of hydrogen-bond donors (Lipinski definition) is 2. The highest BCUT2D eigenvalue weighted by molar-refractivity contribution is 6.31. The van der Waals surface area contributed by atoms with Gasteiger partial charge in [0.2, 0.25) is 0 Å². The van der Waals surface area contributed by atoms with Crippen molar-refractivity contribution in [2.45, 2.75) is 6.54 Å². The summed E-state index contributed by atoms with van der Waals surface area (Å²) < 4.78 is 6.56. The van der Waals surface area contributed by atoms with Crippen molar-refractivity contribution in [2.75, 3.05) is 18.2 Å². The first-order valence-corrected chi connectivity index (χ1v) is 7.84. The Bertz CT molecular complexity index is 910. The number of nitrogens with two attached hydrogens (primary N) is 1. The average molecular weight is 358 g/mol. The smallest absolute Gasteiger partial charge is 0.280 e. The maximum absolute atomic E-state index is 12.4. The van der Waals surface area contributed by atoms with Crippen molar-refractivity contribution in [2.24, 2.45) is 0 Å². The zero-order valence-electron chi connectivity index (χ0n) is 13.4. The summed E-state index contributed by atoms with van der Waals surface area (Å²) in [4.78, 5) is 12.4. The van der Waals surface area contributed by atoms with E-state index in [4.69, 9.17) is 22.1 Å². The lowest BCUT2D eigenvalue weighted by Gasteiger charge is -2.07. The van der Waals surface area contributed by atoms with E-state index in [1.165, 1.54) is 4.68 Å². The summed E-state index contributed by atoms with van der Waals surface area (Å²) in [5.41, 5.74) is 7.48. The number of nitrogens with one attached hydrogen (secondary N) is 1. The number of hydrogen-bond acceptors (Lipinski definition) is 5. The molecule has 0 radical (unpaired) electrons. The highest BCUT2D eigenvalue weighted by Crippen LogP contribution is 2.20. The molecule has 0 unspecified atom stereocenters. The van der Waals surface area contributed by atoms with Gasteiger partial charge in [-0.1, -0.05) is 41.1 Å². The van der Waals surface area contributed by atoms with Crippen LogP contribution in [0.15, 0.2) is 48.5 Å². The van der Waals surface area contributed by atoms with Crippen LogP contribution in [0.1, 0.15) is 16.1 Å².